The minimum Gasteiger partial charge on any atom is -0.358 e. The SMILES string of the molecule is NOC(c1cc(C(F)(F)F)nc2c(C(F)(F)F)cccc12)C1CCCCN1.[CH3-].[K+]. The predicted octanol–water partition coefficient (Wildman–Crippen LogP) is 1.80. The fraction of sp³-hybridized carbons (Fsp3) is 0.444. The van der Waals surface area contributed by atoms with Crippen molar-refractivity contribution in [2.75, 3.05) is 6.54 Å². The average molecular weight is 447 g/mol. The van der Waals surface area contributed by atoms with E-state index in [-0.39, 0.29) is 69.8 Å². The monoisotopic (exact) mass is 447 g/mol. The van der Waals surface area contributed by atoms with Crippen LogP contribution in [0, 0.1) is 7.43 Å². The largest absolute Gasteiger partial charge is 1.00 e. The van der Waals surface area contributed by atoms with Gasteiger partial charge < -0.3 is 12.7 Å². The van der Waals surface area contributed by atoms with Crippen LogP contribution in [0.15, 0.2) is 24.3 Å². The fourth-order valence-electron chi connectivity index (χ4n) is 3.41. The van der Waals surface area contributed by atoms with Crippen LogP contribution in [0.25, 0.3) is 10.9 Å². The van der Waals surface area contributed by atoms with Crippen LogP contribution < -0.4 is 62.6 Å². The number of hydrogen-bond donors (Lipinski definition) is 2. The molecule has 3 rings (SSSR count). The number of rotatable bonds is 3. The smallest absolute Gasteiger partial charge is 0.358 e. The number of benzene rings is 1. The van der Waals surface area contributed by atoms with Crippen molar-refractivity contribution >= 4 is 10.9 Å². The van der Waals surface area contributed by atoms with Crippen LogP contribution in [0.2, 0.25) is 0 Å². The molecule has 1 aromatic carbocycles. The van der Waals surface area contributed by atoms with Crippen molar-refractivity contribution in [1.29, 1.82) is 0 Å². The molecule has 2 atom stereocenters. The Morgan fingerprint density at radius 1 is 1.10 bits per heavy atom. The molecule has 1 fully saturated rings. The van der Waals surface area contributed by atoms with E-state index in [1.54, 1.807) is 0 Å². The summed E-state index contributed by atoms with van der Waals surface area (Å²) in [6.45, 7) is 0.619. The van der Waals surface area contributed by atoms with Crippen molar-refractivity contribution in [2.45, 2.75) is 43.8 Å². The summed E-state index contributed by atoms with van der Waals surface area (Å²) >= 11 is 0. The first-order valence-electron chi connectivity index (χ1n) is 8.30. The van der Waals surface area contributed by atoms with Gasteiger partial charge in [-0.25, -0.2) is 10.9 Å². The van der Waals surface area contributed by atoms with Crippen molar-refractivity contribution < 1.29 is 82.6 Å². The molecule has 1 aliphatic rings. The van der Waals surface area contributed by atoms with Gasteiger partial charge in [-0.15, -0.1) is 0 Å². The zero-order valence-electron chi connectivity index (χ0n) is 16.0. The van der Waals surface area contributed by atoms with Crippen LogP contribution in [0.4, 0.5) is 26.3 Å². The van der Waals surface area contributed by atoms with Crippen LogP contribution in [-0.2, 0) is 17.2 Å². The van der Waals surface area contributed by atoms with Gasteiger partial charge >= 0.3 is 63.7 Å². The summed E-state index contributed by atoms with van der Waals surface area (Å²) in [7, 11) is 0. The number of nitrogens with one attached hydrogen (secondary N) is 1. The Balaban J connectivity index is 0.00000210. The summed E-state index contributed by atoms with van der Waals surface area (Å²) in [5, 5.41) is 3.04. The molecule has 29 heavy (non-hydrogen) atoms. The van der Waals surface area contributed by atoms with Crippen LogP contribution in [0.1, 0.15) is 42.2 Å². The number of nitrogens with zero attached hydrogens (tertiary/aromatic N) is 1. The van der Waals surface area contributed by atoms with Gasteiger partial charge in [-0.3, -0.25) is 4.84 Å². The van der Waals surface area contributed by atoms with Gasteiger partial charge in [0.2, 0.25) is 0 Å². The quantitative estimate of drug-likeness (QED) is 0.326. The summed E-state index contributed by atoms with van der Waals surface area (Å²) in [4.78, 5) is 8.21. The molecule has 2 aromatic rings. The minimum absolute atomic E-state index is 0. The van der Waals surface area contributed by atoms with E-state index in [1.807, 2.05) is 0 Å². The van der Waals surface area contributed by atoms with Gasteiger partial charge in [0, 0.05) is 11.4 Å². The van der Waals surface area contributed by atoms with Gasteiger partial charge in [0.25, 0.3) is 0 Å². The number of alkyl halides is 6. The molecule has 2 heterocycles. The van der Waals surface area contributed by atoms with Crippen molar-refractivity contribution in [3.63, 3.8) is 0 Å². The second-order valence-corrected chi connectivity index (χ2v) is 6.41. The summed E-state index contributed by atoms with van der Waals surface area (Å²) < 4.78 is 79.9. The van der Waals surface area contributed by atoms with E-state index in [4.69, 9.17) is 10.7 Å². The molecule has 1 aromatic heterocycles. The Hall–Kier alpha value is -0.274. The van der Waals surface area contributed by atoms with Gasteiger partial charge in [0.05, 0.1) is 11.1 Å². The number of pyridine rings is 1. The van der Waals surface area contributed by atoms with Gasteiger partial charge in [-0.2, -0.15) is 26.3 Å². The van der Waals surface area contributed by atoms with Gasteiger partial charge in [-0.05, 0) is 37.1 Å². The maximum atomic E-state index is 13.3. The molecule has 1 saturated heterocycles. The van der Waals surface area contributed by atoms with E-state index < -0.39 is 41.3 Å². The second kappa shape index (κ2) is 10.4. The molecule has 156 valence electrons. The van der Waals surface area contributed by atoms with E-state index in [0.29, 0.717) is 19.0 Å². The molecule has 11 heteroatoms. The van der Waals surface area contributed by atoms with Crippen molar-refractivity contribution in [1.82, 2.24) is 10.3 Å². The molecular formula is C18H20F6KN3O. The van der Waals surface area contributed by atoms with E-state index in [2.05, 4.69) is 10.3 Å². The topological polar surface area (TPSA) is 60.2 Å². The number of fused-ring (bicyclic) bond motifs is 1. The zero-order valence-corrected chi connectivity index (χ0v) is 19.1. The first-order chi connectivity index (χ1) is 12.6. The number of para-hydroxylation sites is 1. The zero-order chi connectivity index (χ0) is 19.8. The first kappa shape index (κ1) is 26.8. The predicted molar refractivity (Wildman–Crippen MR) is 91.8 cm³/mol. The first-order valence-corrected chi connectivity index (χ1v) is 8.30. The number of nitrogens with two attached hydrogens (primary N) is 1. The van der Waals surface area contributed by atoms with Crippen LogP contribution in [0.3, 0.4) is 0 Å². The average Bonchev–Trinajstić information content (AvgIpc) is 2.61. The molecule has 0 bridgehead atoms. The van der Waals surface area contributed by atoms with E-state index in [9.17, 15) is 26.3 Å². The van der Waals surface area contributed by atoms with Crippen molar-refractivity contribution in [3.8, 4) is 0 Å². The summed E-state index contributed by atoms with van der Waals surface area (Å²) in [5.74, 6) is 5.35. The summed E-state index contributed by atoms with van der Waals surface area (Å²) in [6.07, 6.45) is -8.54. The Kier molecular flexibility index (Phi) is 9.56. The number of piperidine rings is 1. The van der Waals surface area contributed by atoms with Gasteiger partial charge in [0.15, 0.2) is 0 Å². The van der Waals surface area contributed by atoms with E-state index in [0.717, 1.165) is 25.0 Å². The van der Waals surface area contributed by atoms with Crippen LogP contribution >= 0.6 is 0 Å². The normalized spacial score (nSPS) is 18.7. The maximum Gasteiger partial charge on any atom is 1.00 e. The Labute approximate surface area is 206 Å². The van der Waals surface area contributed by atoms with E-state index >= 15 is 0 Å². The molecule has 0 radical (unpaired) electrons. The molecular weight excluding hydrogens is 427 g/mol. The Morgan fingerprint density at radius 2 is 1.79 bits per heavy atom. The minimum atomic E-state index is -4.92. The number of halogens is 6. The molecule has 3 N–H and O–H groups in total. The van der Waals surface area contributed by atoms with Gasteiger partial charge in [0.1, 0.15) is 11.8 Å². The van der Waals surface area contributed by atoms with Crippen molar-refractivity contribution in [3.05, 3.63) is 48.5 Å². The molecule has 0 spiro atoms. The van der Waals surface area contributed by atoms with Crippen LogP contribution in [0.5, 0.6) is 0 Å². The molecule has 1 aliphatic heterocycles. The fourth-order valence-corrected chi connectivity index (χ4v) is 3.41. The third-order valence-corrected chi connectivity index (χ3v) is 4.63. The number of hydrogen-bond acceptors (Lipinski definition) is 4. The number of aromatic nitrogens is 1. The molecule has 4 nitrogen and oxygen atoms in total. The van der Waals surface area contributed by atoms with Crippen molar-refractivity contribution in [2.24, 2.45) is 5.90 Å². The standard InChI is InChI=1S/C17H17F6N3O.CH3.K/c18-16(19,20)11-5-3-4-9-10(8-13(17(21,22)23)26-14(9)11)15(27-24)12-6-1-2-7-25-12;;/h3-5,8,12,15,25H,1-2,6-7,24H2;1H3;/q;-1;+1. The molecule has 0 saturated carbocycles. The molecule has 2 unspecified atom stereocenters. The maximum absolute atomic E-state index is 13.3. The van der Waals surface area contributed by atoms with Crippen LogP contribution in [-0.4, -0.2) is 17.6 Å². The Morgan fingerprint density at radius 3 is 2.31 bits per heavy atom. The van der Waals surface area contributed by atoms with E-state index in [1.165, 1.54) is 6.07 Å². The Bertz CT molecular complexity index is 822. The summed E-state index contributed by atoms with van der Waals surface area (Å²) in [5.41, 5.74) is -3.49. The second-order valence-electron chi connectivity index (χ2n) is 6.41. The summed E-state index contributed by atoms with van der Waals surface area (Å²) in [6, 6.07) is 3.44. The van der Waals surface area contributed by atoms with Gasteiger partial charge in [-0.1, -0.05) is 18.6 Å². The third kappa shape index (κ3) is 5.91. The third-order valence-electron chi connectivity index (χ3n) is 4.63. The molecule has 0 aliphatic carbocycles. The molecule has 0 amide bonds.